The molecule has 1 heterocycles. The van der Waals surface area contributed by atoms with Gasteiger partial charge in [-0.15, -0.1) is 0 Å². The highest BCUT2D eigenvalue weighted by molar-refractivity contribution is 6.32. The number of primary amides is 1. The van der Waals surface area contributed by atoms with Crippen molar-refractivity contribution in [2.75, 3.05) is 45.9 Å². The van der Waals surface area contributed by atoms with Gasteiger partial charge >= 0.3 is 6.03 Å². The number of benzene rings is 1. The van der Waals surface area contributed by atoms with E-state index in [-0.39, 0.29) is 12.5 Å². The van der Waals surface area contributed by atoms with Gasteiger partial charge in [0.15, 0.2) is 0 Å². The summed E-state index contributed by atoms with van der Waals surface area (Å²) in [6, 6.07) is 6.58. The Hall–Kier alpha value is -1.83. The van der Waals surface area contributed by atoms with E-state index < -0.39 is 6.03 Å². The molecule has 3 amide bonds. The second-order valence-corrected chi connectivity index (χ2v) is 5.72. The number of nitrogens with two attached hydrogens (primary N) is 1. The predicted octanol–water partition coefficient (Wildman–Crippen LogP) is 0.531. The quantitative estimate of drug-likeness (QED) is 0.788. The molecule has 7 nitrogen and oxygen atoms in total. The van der Waals surface area contributed by atoms with Crippen molar-refractivity contribution < 1.29 is 14.3 Å². The zero-order chi connectivity index (χ0) is 16.7. The summed E-state index contributed by atoms with van der Waals surface area (Å²) >= 11 is 6.03. The Morgan fingerprint density at radius 2 is 1.83 bits per heavy atom. The maximum absolute atomic E-state index is 11.5. The summed E-state index contributed by atoms with van der Waals surface area (Å²) in [5, 5.41) is 2.68. The van der Waals surface area contributed by atoms with Gasteiger partial charge < -0.3 is 10.5 Å². The molecule has 1 saturated heterocycles. The fourth-order valence-electron chi connectivity index (χ4n) is 2.40. The van der Waals surface area contributed by atoms with E-state index in [9.17, 15) is 9.59 Å². The van der Waals surface area contributed by atoms with Crippen molar-refractivity contribution in [2.45, 2.75) is 0 Å². The highest BCUT2D eigenvalue weighted by Crippen LogP contribution is 2.22. The number of hydrogen-bond acceptors (Lipinski definition) is 5. The Morgan fingerprint density at radius 3 is 2.48 bits per heavy atom. The number of ether oxygens (including phenoxy) is 1. The summed E-state index contributed by atoms with van der Waals surface area (Å²) in [7, 11) is 0. The number of nitrogens with zero attached hydrogens (tertiary/aromatic N) is 2. The van der Waals surface area contributed by atoms with Crippen molar-refractivity contribution in [3.8, 4) is 5.75 Å². The smallest absolute Gasteiger partial charge is 0.318 e. The standard InChI is InChI=1S/C15H21ClN4O3/c16-12-3-1-2-4-13(12)23-10-9-19-5-7-20(8-6-19)11-14(21)18-15(17)22/h1-4H,5-11H2,(H3,17,18,21,22). The molecule has 8 heteroatoms. The number of para-hydroxylation sites is 1. The highest BCUT2D eigenvalue weighted by atomic mass is 35.5. The summed E-state index contributed by atoms with van der Waals surface area (Å²) in [6.45, 7) is 4.76. The van der Waals surface area contributed by atoms with Gasteiger partial charge in [0, 0.05) is 32.7 Å². The molecule has 1 aromatic rings. The number of piperazine rings is 1. The molecule has 0 saturated carbocycles. The Balaban J connectivity index is 1.64. The lowest BCUT2D eigenvalue weighted by Crippen LogP contribution is -2.51. The number of halogens is 1. The molecule has 126 valence electrons. The van der Waals surface area contributed by atoms with Crippen LogP contribution in [-0.4, -0.2) is 67.6 Å². The van der Waals surface area contributed by atoms with Gasteiger partial charge in [-0.1, -0.05) is 23.7 Å². The summed E-state index contributed by atoms with van der Waals surface area (Å²) in [4.78, 5) is 26.3. The number of amides is 3. The Morgan fingerprint density at radius 1 is 1.17 bits per heavy atom. The summed E-state index contributed by atoms with van der Waals surface area (Å²) in [6.07, 6.45) is 0. The minimum Gasteiger partial charge on any atom is -0.491 e. The van der Waals surface area contributed by atoms with Gasteiger partial charge in [0.25, 0.3) is 0 Å². The fraction of sp³-hybridized carbons (Fsp3) is 0.467. The maximum atomic E-state index is 11.5. The van der Waals surface area contributed by atoms with E-state index in [1.807, 2.05) is 23.1 Å². The van der Waals surface area contributed by atoms with Crippen molar-refractivity contribution in [1.29, 1.82) is 0 Å². The van der Waals surface area contributed by atoms with Crippen LogP contribution in [0.2, 0.25) is 5.02 Å². The van der Waals surface area contributed by atoms with Gasteiger partial charge in [-0.25, -0.2) is 4.79 Å². The molecule has 1 aliphatic rings. The van der Waals surface area contributed by atoms with E-state index in [1.165, 1.54) is 0 Å². The first-order valence-corrected chi connectivity index (χ1v) is 7.83. The van der Waals surface area contributed by atoms with Crippen LogP contribution >= 0.6 is 11.6 Å². The van der Waals surface area contributed by atoms with Gasteiger partial charge in [-0.3, -0.25) is 19.9 Å². The number of urea groups is 1. The van der Waals surface area contributed by atoms with E-state index in [0.29, 0.717) is 17.4 Å². The molecule has 2 rings (SSSR count). The minimum atomic E-state index is -0.814. The first kappa shape index (κ1) is 17.5. The average Bonchev–Trinajstić information content (AvgIpc) is 2.50. The molecular weight excluding hydrogens is 320 g/mol. The largest absolute Gasteiger partial charge is 0.491 e. The minimum absolute atomic E-state index is 0.187. The van der Waals surface area contributed by atoms with Gasteiger partial charge in [-0.2, -0.15) is 0 Å². The van der Waals surface area contributed by atoms with Crippen LogP contribution in [0.15, 0.2) is 24.3 Å². The predicted molar refractivity (Wildman–Crippen MR) is 87.6 cm³/mol. The van der Waals surface area contributed by atoms with Gasteiger partial charge in [0.1, 0.15) is 12.4 Å². The molecule has 0 aliphatic carbocycles. The van der Waals surface area contributed by atoms with Gasteiger partial charge in [0.05, 0.1) is 11.6 Å². The monoisotopic (exact) mass is 340 g/mol. The van der Waals surface area contributed by atoms with Crippen LogP contribution in [0, 0.1) is 0 Å². The van der Waals surface area contributed by atoms with E-state index in [0.717, 1.165) is 32.7 Å². The third kappa shape index (κ3) is 6.05. The lowest BCUT2D eigenvalue weighted by Gasteiger charge is -2.34. The lowest BCUT2D eigenvalue weighted by molar-refractivity contribution is -0.121. The number of hydrogen-bond donors (Lipinski definition) is 2. The third-order valence-electron chi connectivity index (χ3n) is 3.60. The second-order valence-electron chi connectivity index (χ2n) is 5.31. The van der Waals surface area contributed by atoms with Crippen LogP contribution in [0.3, 0.4) is 0 Å². The Labute approximate surface area is 140 Å². The molecule has 23 heavy (non-hydrogen) atoms. The van der Waals surface area contributed by atoms with Crippen LogP contribution < -0.4 is 15.8 Å². The molecule has 0 bridgehead atoms. The number of imide groups is 1. The van der Waals surface area contributed by atoms with Crippen molar-refractivity contribution in [2.24, 2.45) is 5.73 Å². The Kier molecular flexibility index (Phi) is 6.64. The molecule has 3 N–H and O–H groups in total. The van der Waals surface area contributed by atoms with E-state index in [4.69, 9.17) is 22.1 Å². The topological polar surface area (TPSA) is 87.9 Å². The molecule has 0 spiro atoms. The van der Waals surface area contributed by atoms with Crippen LogP contribution in [0.4, 0.5) is 4.79 Å². The number of rotatable bonds is 6. The lowest BCUT2D eigenvalue weighted by atomic mass is 10.3. The van der Waals surface area contributed by atoms with Gasteiger partial charge in [0.2, 0.25) is 5.91 Å². The average molecular weight is 341 g/mol. The van der Waals surface area contributed by atoms with Crippen molar-refractivity contribution in [3.63, 3.8) is 0 Å². The number of carbonyl (C=O) groups is 2. The zero-order valence-electron chi connectivity index (χ0n) is 12.8. The van der Waals surface area contributed by atoms with Crippen LogP contribution in [-0.2, 0) is 4.79 Å². The van der Waals surface area contributed by atoms with Crippen molar-refractivity contribution >= 4 is 23.5 Å². The van der Waals surface area contributed by atoms with Gasteiger partial charge in [-0.05, 0) is 12.1 Å². The molecule has 1 fully saturated rings. The molecular formula is C15H21ClN4O3. The molecule has 0 unspecified atom stereocenters. The Bertz CT molecular complexity index is 547. The second kappa shape index (κ2) is 8.71. The molecule has 0 aromatic heterocycles. The van der Waals surface area contributed by atoms with Crippen LogP contribution in [0.25, 0.3) is 0 Å². The van der Waals surface area contributed by atoms with Crippen LogP contribution in [0.1, 0.15) is 0 Å². The normalized spacial score (nSPS) is 16.0. The number of nitrogens with one attached hydrogen (secondary N) is 1. The molecule has 1 aliphatic heterocycles. The summed E-state index contributed by atoms with van der Waals surface area (Å²) in [5.74, 6) is 0.323. The third-order valence-corrected chi connectivity index (χ3v) is 3.91. The molecule has 0 radical (unpaired) electrons. The summed E-state index contributed by atoms with van der Waals surface area (Å²) < 4.78 is 5.67. The van der Waals surface area contributed by atoms with E-state index in [2.05, 4.69) is 10.2 Å². The summed E-state index contributed by atoms with van der Waals surface area (Å²) in [5.41, 5.74) is 4.91. The van der Waals surface area contributed by atoms with Crippen molar-refractivity contribution in [3.05, 3.63) is 29.3 Å². The molecule has 1 aromatic carbocycles. The first-order valence-electron chi connectivity index (χ1n) is 7.46. The first-order chi connectivity index (χ1) is 11.0. The zero-order valence-corrected chi connectivity index (χ0v) is 13.6. The molecule has 0 atom stereocenters. The van der Waals surface area contributed by atoms with Crippen molar-refractivity contribution in [1.82, 2.24) is 15.1 Å². The van der Waals surface area contributed by atoms with E-state index in [1.54, 1.807) is 6.07 Å². The van der Waals surface area contributed by atoms with E-state index >= 15 is 0 Å². The maximum Gasteiger partial charge on any atom is 0.318 e. The highest BCUT2D eigenvalue weighted by Gasteiger charge is 2.19. The van der Waals surface area contributed by atoms with Crippen LogP contribution in [0.5, 0.6) is 5.75 Å². The SMILES string of the molecule is NC(=O)NC(=O)CN1CCN(CCOc2ccccc2Cl)CC1. The fourth-order valence-corrected chi connectivity index (χ4v) is 2.59. The number of carbonyl (C=O) groups excluding carboxylic acids is 2.